The number of aliphatic imine (C=N–C) groups is 2. The second-order valence-corrected chi connectivity index (χ2v) is 7.19. The minimum atomic E-state index is -0.224. The van der Waals surface area contributed by atoms with Crippen molar-refractivity contribution >= 4 is 44.8 Å². The summed E-state index contributed by atoms with van der Waals surface area (Å²) in [5.74, 6) is 0.147. The molecule has 4 aliphatic heterocycles. The molecule has 4 aliphatic rings. The number of fused-ring (bicyclic) bond motifs is 2. The highest BCUT2D eigenvalue weighted by Gasteiger charge is 2.49. The number of rotatable bonds is 1. The molecular weight excluding hydrogens is 372 g/mol. The molecule has 2 saturated heterocycles. The first-order valence-corrected chi connectivity index (χ1v) is 8.40. The van der Waals surface area contributed by atoms with Crippen molar-refractivity contribution in [1.82, 2.24) is 4.90 Å². The normalized spacial score (nSPS) is 39.8. The van der Waals surface area contributed by atoms with Gasteiger partial charge in [0.15, 0.2) is 11.8 Å². The lowest BCUT2D eigenvalue weighted by molar-refractivity contribution is -0.595. The predicted molar refractivity (Wildman–Crippen MR) is 86.3 cm³/mol. The average Bonchev–Trinajstić information content (AvgIpc) is 2.94. The van der Waals surface area contributed by atoms with Gasteiger partial charge in [0.25, 0.3) is 4.74 Å². The molecule has 0 bridgehead atoms. The van der Waals surface area contributed by atoms with Crippen molar-refractivity contribution < 1.29 is 13.5 Å². The Labute approximate surface area is 141 Å². The molecular formula is C14H15BrClN4O2+. The van der Waals surface area contributed by atoms with Gasteiger partial charge in [-0.2, -0.15) is 4.99 Å². The number of cyclic esters (lactones) is 1. The fourth-order valence-corrected chi connectivity index (χ4v) is 4.27. The number of allylic oxidation sites excluding steroid dienone is 1. The smallest absolute Gasteiger partial charge is 0.410 e. The van der Waals surface area contributed by atoms with Gasteiger partial charge in [-0.15, -0.1) is 4.00 Å². The van der Waals surface area contributed by atoms with Gasteiger partial charge in [-0.3, -0.25) is 4.99 Å². The highest BCUT2D eigenvalue weighted by Crippen LogP contribution is 2.43. The SMILES string of the molecule is CC1OC(=O)N2C[C@H](C3=C4C=NC=C[N+]4(Cl)C(Br)=N3)CC[C@@H]12. The fourth-order valence-electron chi connectivity index (χ4n) is 3.55. The van der Waals surface area contributed by atoms with Crippen molar-refractivity contribution in [2.75, 3.05) is 6.54 Å². The van der Waals surface area contributed by atoms with E-state index in [9.17, 15) is 4.79 Å². The van der Waals surface area contributed by atoms with Crippen molar-refractivity contribution in [2.45, 2.75) is 31.9 Å². The zero-order chi connectivity index (χ0) is 15.5. The van der Waals surface area contributed by atoms with Gasteiger partial charge in [0.1, 0.15) is 18.0 Å². The standard InChI is InChI=1S/C14H15BrClN4O2/c1-8-10-3-2-9(7-19(10)14(21)22-8)12-11-6-17-4-5-20(11,16)13(15)18-12/h4-6,8-10H,2-3,7H2,1H3/q+1/t8?,9-,10+,20?/m1/s1. The molecule has 0 saturated carbocycles. The molecule has 0 radical (unpaired) electrons. The number of amidine groups is 1. The van der Waals surface area contributed by atoms with E-state index in [1.807, 2.05) is 11.8 Å². The topological polar surface area (TPSA) is 54.3 Å². The van der Waals surface area contributed by atoms with E-state index in [-0.39, 0.29) is 28.2 Å². The van der Waals surface area contributed by atoms with Crippen LogP contribution in [0.4, 0.5) is 4.79 Å². The lowest BCUT2D eigenvalue weighted by atomic mass is 9.88. The number of carbonyl (C=O) groups excluding carboxylic acids is 1. The first kappa shape index (κ1) is 14.4. The molecule has 0 spiro atoms. The van der Waals surface area contributed by atoms with E-state index >= 15 is 0 Å². The van der Waals surface area contributed by atoms with E-state index in [0.29, 0.717) is 11.3 Å². The Morgan fingerprint density at radius 3 is 3.14 bits per heavy atom. The Balaban J connectivity index is 1.66. The van der Waals surface area contributed by atoms with Crippen LogP contribution in [0.2, 0.25) is 0 Å². The van der Waals surface area contributed by atoms with E-state index in [4.69, 9.17) is 16.5 Å². The van der Waals surface area contributed by atoms with Gasteiger partial charge in [-0.1, -0.05) is 0 Å². The number of carbonyl (C=O) groups is 1. The monoisotopic (exact) mass is 385 g/mol. The quantitative estimate of drug-likeness (QED) is 0.513. The number of halogens is 2. The molecule has 2 unspecified atom stereocenters. The van der Waals surface area contributed by atoms with Crippen molar-refractivity contribution in [3.05, 3.63) is 23.8 Å². The third kappa shape index (κ3) is 1.92. The van der Waals surface area contributed by atoms with Crippen LogP contribution in [0, 0.1) is 5.92 Å². The highest BCUT2D eigenvalue weighted by molar-refractivity contribution is 9.18. The van der Waals surface area contributed by atoms with Gasteiger partial charge >= 0.3 is 6.09 Å². The molecule has 0 aromatic rings. The predicted octanol–water partition coefficient (Wildman–Crippen LogP) is 3.11. The molecule has 4 heterocycles. The number of ether oxygens (including phenoxy) is 1. The third-order valence-corrected chi connectivity index (χ3v) is 6.12. The number of hydrogen-bond acceptors (Lipinski definition) is 4. The van der Waals surface area contributed by atoms with Gasteiger partial charge in [0.2, 0.25) is 5.70 Å². The number of amides is 1. The maximum Gasteiger partial charge on any atom is 0.410 e. The van der Waals surface area contributed by atoms with Gasteiger partial charge in [0.05, 0.1) is 18.5 Å². The first-order valence-electron chi connectivity index (χ1n) is 7.27. The van der Waals surface area contributed by atoms with Crippen LogP contribution in [0.25, 0.3) is 0 Å². The summed E-state index contributed by atoms with van der Waals surface area (Å²) in [5, 5.41) is 0. The molecule has 0 aliphatic carbocycles. The number of nitrogens with zero attached hydrogens (tertiary/aromatic N) is 4. The maximum atomic E-state index is 12.0. The van der Waals surface area contributed by atoms with Crippen molar-refractivity contribution in [2.24, 2.45) is 15.9 Å². The maximum absolute atomic E-state index is 12.0. The summed E-state index contributed by atoms with van der Waals surface area (Å²) in [6.07, 6.45) is 6.79. The largest absolute Gasteiger partial charge is 0.444 e. The number of quaternary nitrogens is 1. The molecule has 0 aromatic heterocycles. The number of hydrogen-bond donors (Lipinski definition) is 0. The Morgan fingerprint density at radius 1 is 1.50 bits per heavy atom. The molecule has 116 valence electrons. The zero-order valence-electron chi connectivity index (χ0n) is 11.9. The Morgan fingerprint density at radius 2 is 2.32 bits per heavy atom. The van der Waals surface area contributed by atoms with Crippen LogP contribution < -0.4 is 0 Å². The van der Waals surface area contributed by atoms with Crippen LogP contribution in [0.15, 0.2) is 33.8 Å². The summed E-state index contributed by atoms with van der Waals surface area (Å²) in [6.45, 7) is 2.57. The summed E-state index contributed by atoms with van der Waals surface area (Å²) < 4.78 is 5.94. The van der Waals surface area contributed by atoms with Crippen LogP contribution in [0.3, 0.4) is 0 Å². The van der Waals surface area contributed by atoms with Crippen LogP contribution >= 0.6 is 27.7 Å². The summed E-state index contributed by atoms with van der Waals surface area (Å²) in [4.78, 5) is 22.6. The minimum absolute atomic E-state index is 0.0143. The van der Waals surface area contributed by atoms with E-state index in [1.165, 1.54) is 0 Å². The number of piperidine rings is 1. The van der Waals surface area contributed by atoms with Gasteiger partial charge in [-0.25, -0.2) is 4.79 Å². The van der Waals surface area contributed by atoms with Crippen molar-refractivity contribution in [3.63, 3.8) is 0 Å². The Bertz CT molecular complexity index is 674. The summed E-state index contributed by atoms with van der Waals surface area (Å²) in [6, 6.07) is 0.179. The molecule has 2 fully saturated rings. The molecule has 6 nitrogen and oxygen atoms in total. The second kappa shape index (κ2) is 4.91. The average molecular weight is 387 g/mol. The first-order chi connectivity index (χ1) is 10.5. The Hall–Kier alpha value is -1.18. The van der Waals surface area contributed by atoms with Crippen LogP contribution in [-0.2, 0) is 4.74 Å². The molecule has 4 atom stereocenters. The summed E-state index contributed by atoms with van der Waals surface area (Å²) in [7, 11) is 0. The van der Waals surface area contributed by atoms with Crippen LogP contribution in [0.1, 0.15) is 19.8 Å². The second-order valence-electron chi connectivity index (χ2n) is 5.95. The highest BCUT2D eigenvalue weighted by atomic mass is 79.9. The van der Waals surface area contributed by atoms with Crippen molar-refractivity contribution in [1.29, 1.82) is 0 Å². The fraction of sp³-hybridized carbons (Fsp3) is 0.500. The summed E-state index contributed by atoms with van der Waals surface area (Å²) >= 11 is 10.1. The molecule has 4 rings (SSSR count). The lowest BCUT2D eigenvalue weighted by Gasteiger charge is -2.33. The van der Waals surface area contributed by atoms with Gasteiger partial charge < -0.3 is 9.64 Å². The van der Waals surface area contributed by atoms with Gasteiger partial charge in [-0.05, 0) is 19.8 Å². The summed E-state index contributed by atoms with van der Waals surface area (Å²) in [5.41, 5.74) is 1.75. The minimum Gasteiger partial charge on any atom is -0.444 e. The Kier molecular flexibility index (Phi) is 3.22. The molecule has 8 heteroatoms. The van der Waals surface area contributed by atoms with E-state index in [1.54, 1.807) is 18.6 Å². The van der Waals surface area contributed by atoms with Gasteiger partial charge in [0, 0.05) is 28.4 Å². The van der Waals surface area contributed by atoms with E-state index in [0.717, 1.165) is 24.2 Å². The van der Waals surface area contributed by atoms with Crippen molar-refractivity contribution in [3.8, 4) is 0 Å². The third-order valence-electron chi connectivity index (χ3n) is 4.73. The van der Waals surface area contributed by atoms with E-state index in [2.05, 4.69) is 25.9 Å². The molecule has 0 aromatic carbocycles. The van der Waals surface area contributed by atoms with E-state index < -0.39 is 0 Å². The molecule has 0 N–H and O–H groups in total. The lowest BCUT2D eigenvalue weighted by Crippen LogP contribution is -2.44. The van der Waals surface area contributed by atoms with Crippen LogP contribution in [0.5, 0.6) is 0 Å². The molecule has 1 amide bonds. The molecule has 22 heavy (non-hydrogen) atoms. The zero-order valence-corrected chi connectivity index (χ0v) is 14.3. The van der Waals surface area contributed by atoms with Crippen LogP contribution in [-0.4, -0.2) is 44.6 Å².